The number of hydrogen-bond donors (Lipinski definition) is 4. The lowest BCUT2D eigenvalue weighted by Crippen LogP contribution is -2.35. The molecule has 8 nitrogen and oxygen atoms in total. The molecule has 3 heterocycles. The predicted octanol–water partition coefficient (Wildman–Crippen LogP) is 2.63. The number of nitrogen functional groups attached to an aromatic ring is 1. The van der Waals surface area contributed by atoms with Crippen molar-refractivity contribution >= 4 is 29.4 Å². The summed E-state index contributed by atoms with van der Waals surface area (Å²) in [4.78, 5) is 21.2. The van der Waals surface area contributed by atoms with Crippen LogP contribution in [0.5, 0.6) is 0 Å². The maximum absolute atomic E-state index is 12.3. The number of carbonyl (C=O) groups is 1. The van der Waals surface area contributed by atoms with E-state index in [1.165, 1.54) is 6.21 Å². The molecule has 4 rings (SSSR count). The predicted molar refractivity (Wildman–Crippen MR) is 109 cm³/mol. The van der Waals surface area contributed by atoms with Crippen LogP contribution in [0.4, 0.5) is 17.3 Å². The number of nitrogens with two attached hydrogens (primary N) is 1. The molecule has 28 heavy (non-hydrogen) atoms. The van der Waals surface area contributed by atoms with Gasteiger partial charge in [-0.1, -0.05) is 0 Å². The van der Waals surface area contributed by atoms with Crippen molar-refractivity contribution in [3.8, 4) is 11.3 Å². The van der Waals surface area contributed by atoms with Gasteiger partial charge in [0.15, 0.2) is 0 Å². The van der Waals surface area contributed by atoms with Crippen LogP contribution in [-0.2, 0) is 6.54 Å². The Morgan fingerprint density at radius 1 is 1.32 bits per heavy atom. The van der Waals surface area contributed by atoms with Gasteiger partial charge in [0.2, 0.25) is 5.95 Å². The quantitative estimate of drug-likeness (QED) is 0.412. The number of nitrogens with zero attached hydrogens (tertiary/aromatic N) is 3. The number of carbonyl (C=O) groups excluding carboxylic acids is 1. The molecule has 0 bridgehead atoms. The van der Waals surface area contributed by atoms with E-state index in [0.717, 1.165) is 34.7 Å². The number of amides is 1. The lowest BCUT2D eigenvalue weighted by Gasteiger charge is -2.17. The zero-order valence-electron chi connectivity index (χ0n) is 15.7. The van der Waals surface area contributed by atoms with E-state index < -0.39 is 0 Å². The number of hydrogen-bond acceptors (Lipinski definition) is 6. The van der Waals surface area contributed by atoms with Gasteiger partial charge in [0.1, 0.15) is 5.69 Å². The molecule has 1 aromatic carbocycles. The third kappa shape index (κ3) is 2.88. The summed E-state index contributed by atoms with van der Waals surface area (Å²) >= 11 is 0. The molecule has 0 fully saturated rings. The van der Waals surface area contributed by atoms with Crippen LogP contribution in [-0.4, -0.2) is 33.2 Å². The summed E-state index contributed by atoms with van der Waals surface area (Å²) in [5, 5.41) is 13.4. The lowest BCUT2D eigenvalue weighted by molar-refractivity contribution is 0.0926. The van der Waals surface area contributed by atoms with Crippen molar-refractivity contribution in [3.63, 3.8) is 0 Å². The number of fused-ring (bicyclic) bond motifs is 1. The SMILES string of the molecule is Cc1c(-c2ccnc(Nc3ccc(C=N)c(N)c3)n2)c(C)n2c1C(=O)NCC2. The molecule has 1 amide bonds. The second-order valence-corrected chi connectivity index (χ2v) is 6.72. The third-order valence-electron chi connectivity index (χ3n) is 5.01. The molecular weight excluding hydrogens is 354 g/mol. The molecule has 0 spiro atoms. The van der Waals surface area contributed by atoms with Gasteiger partial charge in [0, 0.05) is 53.7 Å². The van der Waals surface area contributed by atoms with E-state index in [1.54, 1.807) is 18.3 Å². The van der Waals surface area contributed by atoms with Gasteiger partial charge in [-0.05, 0) is 43.7 Å². The Hall–Kier alpha value is -3.68. The van der Waals surface area contributed by atoms with Crippen LogP contribution >= 0.6 is 0 Å². The summed E-state index contributed by atoms with van der Waals surface area (Å²) in [5.74, 6) is 0.388. The first-order valence-corrected chi connectivity index (χ1v) is 8.98. The maximum Gasteiger partial charge on any atom is 0.268 e. The Morgan fingerprint density at radius 2 is 2.14 bits per heavy atom. The van der Waals surface area contributed by atoms with E-state index >= 15 is 0 Å². The average molecular weight is 375 g/mol. The van der Waals surface area contributed by atoms with Gasteiger partial charge in [0.25, 0.3) is 5.91 Å². The van der Waals surface area contributed by atoms with Crippen molar-refractivity contribution in [1.29, 1.82) is 5.41 Å². The topological polar surface area (TPSA) is 122 Å². The zero-order valence-corrected chi connectivity index (χ0v) is 15.7. The first-order chi connectivity index (χ1) is 13.5. The molecule has 0 atom stereocenters. The van der Waals surface area contributed by atoms with Crippen molar-refractivity contribution < 1.29 is 4.79 Å². The smallest absolute Gasteiger partial charge is 0.268 e. The first-order valence-electron chi connectivity index (χ1n) is 8.98. The minimum absolute atomic E-state index is 0.0488. The normalized spacial score (nSPS) is 13.0. The number of benzene rings is 1. The molecule has 1 aliphatic heterocycles. The Morgan fingerprint density at radius 3 is 2.86 bits per heavy atom. The van der Waals surface area contributed by atoms with Gasteiger partial charge in [-0.2, -0.15) is 0 Å². The van der Waals surface area contributed by atoms with Crippen molar-refractivity contribution in [2.75, 3.05) is 17.6 Å². The minimum Gasteiger partial charge on any atom is -0.398 e. The highest BCUT2D eigenvalue weighted by molar-refractivity contribution is 5.97. The standard InChI is InChI=1S/C20H21N7O/c1-11-17(12(2)27-8-7-23-19(28)18(11)27)16-5-6-24-20(26-16)25-14-4-3-13(10-21)15(22)9-14/h3-6,9-10,21H,7-8,22H2,1-2H3,(H,23,28)(H,24,25,26). The third-order valence-corrected chi connectivity index (χ3v) is 5.01. The second-order valence-electron chi connectivity index (χ2n) is 6.72. The monoisotopic (exact) mass is 375 g/mol. The summed E-state index contributed by atoms with van der Waals surface area (Å²) in [5.41, 5.74) is 12.2. The second kappa shape index (κ2) is 6.80. The Labute approximate surface area is 162 Å². The van der Waals surface area contributed by atoms with Crippen LogP contribution in [0.1, 0.15) is 27.3 Å². The fourth-order valence-electron chi connectivity index (χ4n) is 3.68. The maximum atomic E-state index is 12.3. The minimum atomic E-state index is -0.0488. The van der Waals surface area contributed by atoms with Crippen molar-refractivity contribution in [3.05, 3.63) is 53.0 Å². The molecular formula is C20H21N7O. The van der Waals surface area contributed by atoms with Gasteiger partial charge in [0.05, 0.1) is 5.69 Å². The highest BCUT2D eigenvalue weighted by Crippen LogP contribution is 2.32. The molecule has 3 aromatic rings. The van der Waals surface area contributed by atoms with Crippen LogP contribution in [0, 0.1) is 19.3 Å². The van der Waals surface area contributed by atoms with Crippen LogP contribution in [0.2, 0.25) is 0 Å². The van der Waals surface area contributed by atoms with Crippen LogP contribution in [0.25, 0.3) is 11.3 Å². The number of anilines is 3. The summed E-state index contributed by atoms with van der Waals surface area (Å²) in [6.07, 6.45) is 2.91. The molecule has 1 aliphatic rings. The Balaban J connectivity index is 1.71. The van der Waals surface area contributed by atoms with E-state index in [9.17, 15) is 4.79 Å². The van der Waals surface area contributed by atoms with Crippen molar-refractivity contribution in [1.82, 2.24) is 19.9 Å². The lowest BCUT2D eigenvalue weighted by atomic mass is 10.1. The molecule has 0 unspecified atom stereocenters. The molecule has 0 saturated carbocycles. The highest BCUT2D eigenvalue weighted by Gasteiger charge is 2.26. The first kappa shape index (κ1) is 17.7. The average Bonchev–Trinajstić information content (AvgIpc) is 2.94. The Bertz CT molecular complexity index is 1100. The van der Waals surface area contributed by atoms with Crippen molar-refractivity contribution in [2.24, 2.45) is 0 Å². The summed E-state index contributed by atoms with van der Waals surface area (Å²) in [6, 6.07) is 7.18. The fraction of sp³-hybridized carbons (Fsp3) is 0.200. The molecule has 5 N–H and O–H groups in total. The van der Waals surface area contributed by atoms with Gasteiger partial charge >= 0.3 is 0 Å². The van der Waals surface area contributed by atoms with Gasteiger partial charge in [-0.15, -0.1) is 0 Å². The largest absolute Gasteiger partial charge is 0.398 e. The van der Waals surface area contributed by atoms with Crippen molar-refractivity contribution in [2.45, 2.75) is 20.4 Å². The zero-order chi connectivity index (χ0) is 19.8. The number of nitrogens with one attached hydrogen (secondary N) is 3. The van der Waals surface area contributed by atoms with E-state index in [0.29, 0.717) is 29.4 Å². The van der Waals surface area contributed by atoms with Gasteiger partial charge in [-0.3, -0.25) is 4.79 Å². The molecule has 0 saturated heterocycles. The molecule has 0 radical (unpaired) electrons. The number of aromatic nitrogens is 3. The summed E-state index contributed by atoms with van der Waals surface area (Å²) in [7, 11) is 0. The van der Waals surface area contributed by atoms with E-state index in [2.05, 4.69) is 25.2 Å². The number of rotatable bonds is 4. The Kier molecular flexibility index (Phi) is 4.31. The van der Waals surface area contributed by atoms with E-state index in [4.69, 9.17) is 11.1 Å². The van der Waals surface area contributed by atoms with E-state index in [-0.39, 0.29) is 5.91 Å². The highest BCUT2D eigenvalue weighted by atomic mass is 16.2. The molecule has 0 aliphatic carbocycles. The molecule has 142 valence electrons. The summed E-state index contributed by atoms with van der Waals surface area (Å²) in [6.45, 7) is 5.34. The fourth-order valence-corrected chi connectivity index (χ4v) is 3.68. The molecule has 2 aromatic heterocycles. The van der Waals surface area contributed by atoms with Gasteiger partial charge < -0.3 is 26.3 Å². The van der Waals surface area contributed by atoms with E-state index in [1.807, 2.05) is 26.0 Å². The summed E-state index contributed by atoms with van der Waals surface area (Å²) < 4.78 is 2.05. The van der Waals surface area contributed by atoms with Crippen LogP contribution in [0.3, 0.4) is 0 Å². The van der Waals surface area contributed by atoms with Crippen LogP contribution < -0.4 is 16.4 Å². The van der Waals surface area contributed by atoms with Gasteiger partial charge in [-0.25, -0.2) is 9.97 Å². The molecule has 8 heteroatoms. The van der Waals surface area contributed by atoms with Crippen LogP contribution in [0.15, 0.2) is 30.5 Å².